The Bertz CT molecular complexity index is 874. The van der Waals surface area contributed by atoms with Crippen LogP contribution in [0.1, 0.15) is 15.9 Å². The molecule has 1 N–H and O–H groups in total. The van der Waals surface area contributed by atoms with Crippen LogP contribution in [0, 0.1) is 0 Å². The van der Waals surface area contributed by atoms with Crippen molar-refractivity contribution >= 4 is 11.9 Å². The van der Waals surface area contributed by atoms with Crippen molar-refractivity contribution in [3.8, 4) is 11.5 Å². The summed E-state index contributed by atoms with van der Waals surface area (Å²) in [4.78, 5) is 26.1. The summed E-state index contributed by atoms with van der Waals surface area (Å²) in [5, 5.41) is 2.47. The maximum atomic E-state index is 12.5. The zero-order valence-corrected chi connectivity index (χ0v) is 17.8. The summed E-state index contributed by atoms with van der Waals surface area (Å²) < 4.78 is 21.9. The van der Waals surface area contributed by atoms with Crippen LogP contribution in [0.4, 0.5) is 0 Å². The minimum Gasteiger partial charge on any atom is -0.493 e. The number of hydrogen-bond donors (Lipinski definition) is 1. The number of ether oxygens (including phenoxy) is 4. The van der Waals surface area contributed by atoms with Gasteiger partial charge in [-0.05, 0) is 23.8 Å². The molecule has 8 heteroatoms. The van der Waals surface area contributed by atoms with Crippen molar-refractivity contribution in [1.82, 2.24) is 10.2 Å². The summed E-state index contributed by atoms with van der Waals surface area (Å²) in [7, 11) is 2.99. The SMILES string of the molecule is CNC(=O)COc1ccc(C(=O)OCC2CN(Cc3ccccc3)CCO2)cc1OC. The van der Waals surface area contributed by atoms with Crippen LogP contribution in [-0.4, -0.2) is 69.9 Å². The second kappa shape index (κ2) is 11.3. The van der Waals surface area contributed by atoms with E-state index in [1.54, 1.807) is 12.1 Å². The van der Waals surface area contributed by atoms with Gasteiger partial charge in [0.2, 0.25) is 0 Å². The molecule has 2 aromatic carbocycles. The number of carbonyl (C=O) groups excluding carboxylic acids is 2. The minimum atomic E-state index is -0.472. The zero-order chi connectivity index (χ0) is 22.1. The average Bonchev–Trinajstić information content (AvgIpc) is 2.81. The van der Waals surface area contributed by atoms with Crippen LogP contribution in [0.25, 0.3) is 0 Å². The lowest BCUT2D eigenvalue weighted by Crippen LogP contribution is -2.44. The van der Waals surface area contributed by atoms with Crippen LogP contribution >= 0.6 is 0 Å². The number of esters is 1. The fraction of sp³-hybridized carbons (Fsp3) is 0.391. The maximum absolute atomic E-state index is 12.5. The van der Waals surface area contributed by atoms with E-state index in [0.717, 1.165) is 13.1 Å². The fourth-order valence-electron chi connectivity index (χ4n) is 3.25. The molecular formula is C23H28N2O6. The molecule has 0 radical (unpaired) electrons. The average molecular weight is 428 g/mol. The summed E-state index contributed by atoms with van der Waals surface area (Å²) >= 11 is 0. The van der Waals surface area contributed by atoms with Crippen molar-refractivity contribution in [2.24, 2.45) is 0 Å². The maximum Gasteiger partial charge on any atom is 0.338 e. The van der Waals surface area contributed by atoms with Crippen molar-refractivity contribution in [3.05, 3.63) is 59.7 Å². The Kier molecular flexibility index (Phi) is 8.26. The van der Waals surface area contributed by atoms with Crippen molar-refractivity contribution in [2.45, 2.75) is 12.6 Å². The topological polar surface area (TPSA) is 86.3 Å². The van der Waals surface area contributed by atoms with Gasteiger partial charge in [-0.15, -0.1) is 0 Å². The fourth-order valence-corrected chi connectivity index (χ4v) is 3.25. The molecule has 0 aliphatic carbocycles. The molecule has 1 amide bonds. The second-order valence-electron chi connectivity index (χ2n) is 7.14. The van der Waals surface area contributed by atoms with Gasteiger partial charge < -0.3 is 24.3 Å². The highest BCUT2D eigenvalue weighted by Crippen LogP contribution is 2.28. The zero-order valence-electron chi connectivity index (χ0n) is 17.8. The number of amides is 1. The highest BCUT2D eigenvalue weighted by Gasteiger charge is 2.22. The molecule has 0 saturated carbocycles. The van der Waals surface area contributed by atoms with Crippen LogP contribution in [0.2, 0.25) is 0 Å². The normalized spacial score (nSPS) is 16.4. The molecule has 0 spiro atoms. The predicted octanol–water partition coefficient (Wildman–Crippen LogP) is 1.88. The number of carbonyl (C=O) groups is 2. The van der Waals surface area contributed by atoms with E-state index in [4.69, 9.17) is 18.9 Å². The largest absolute Gasteiger partial charge is 0.493 e. The highest BCUT2D eigenvalue weighted by atomic mass is 16.6. The van der Waals surface area contributed by atoms with Gasteiger partial charge in [0.15, 0.2) is 18.1 Å². The first kappa shape index (κ1) is 22.6. The number of morpholine rings is 1. The quantitative estimate of drug-likeness (QED) is 0.611. The van der Waals surface area contributed by atoms with Crippen molar-refractivity contribution in [1.29, 1.82) is 0 Å². The first-order valence-corrected chi connectivity index (χ1v) is 10.2. The van der Waals surface area contributed by atoms with Crippen molar-refractivity contribution in [2.75, 3.05) is 47.1 Å². The predicted molar refractivity (Wildman–Crippen MR) is 114 cm³/mol. The van der Waals surface area contributed by atoms with E-state index in [-0.39, 0.29) is 25.2 Å². The Morgan fingerprint density at radius 2 is 1.97 bits per heavy atom. The first-order chi connectivity index (χ1) is 15.1. The Balaban J connectivity index is 1.52. The standard InChI is InChI=1S/C23H28N2O6/c1-24-22(26)16-30-20-9-8-18(12-21(20)28-2)23(27)31-15-19-14-25(10-11-29-19)13-17-6-4-3-5-7-17/h3-9,12,19H,10-11,13-16H2,1-2H3,(H,24,26). The monoisotopic (exact) mass is 428 g/mol. The summed E-state index contributed by atoms with van der Waals surface area (Å²) in [5.41, 5.74) is 1.58. The molecule has 1 aliphatic rings. The van der Waals surface area contributed by atoms with Crippen LogP contribution in [0.15, 0.2) is 48.5 Å². The molecule has 1 heterocycles. The van der Waals surface area contributed by atoms with Gasteiger partial charge in [0.25, 0.3) is 5.91 Å². The molecule has 8 nitrogen and oxygen atoms in total. The minimum absolute atomic E-state index is 0.144. The van der Waals surface area contributed by atoms with Crippen LogP contribution in [0.5, 0.6) is 11.5 Å². The number of likely N-dealkylation sites (N-methyl/N-ethyl adjacent to an activating group) is 1. The van der Waals surface area contributed by atoms with Gasteiger partial charge in [-0.25, -0.2) is 4.79 Å². The number of nitrogens with one attached hydrogen (secondary N) is 1. The highest BCUT2D eigenvalue weighted by molar-refractivity contribution is 5.90. The Labute approximate surface area is 182 Å². The van der Waals surface area contributed by atoms with Gasteiger partial charge in [0.05, 0.1) is 19.3 Å². The molecule has 31 heavy (non-hydrogen) atoms. The molecule has 1 unspecified atom stereocenters. The van der Waals surface area contributed by atoms with Gasteiger partial charge in [-0.2, -0.15) is 0 Å². The summed E-state index contributed by atoms with van der Waals surface area (Å²) in [6.07, 6.45) is -0.182. The van der Waals surface area contributed by atoms with Gasteiger partial charge in [0, 0.05) is 26.7 Å². The molecule has 2 aromatic rings. The Hall–Kier alpha value is -3.10. The molecule has 166 valence electrons. The van der Waals surface area contributed by atoms with Crippen LogP contribution < -0.4 is 14.8 Å². The molecule has 1 atom stereocenters. The van der Waals surface area contributed by atoms with Crippen molar-refractivity contribution < 1.29 is 28.5 Å². The summed E-state index contributed by atoms with van der Waals surface area (Å²) in [6, 6.07) is 14.9. The second-order valence-corrected chi connectivity index (χ2v) is 7.14. The Morgan fingerprint density at radius 1 is 1.16 bits per heavy atom. The molecule has 1 saturated heterocycles. The van der Waals surface area contributed by atoms with E-state index < -0.39 is 5.97 Å². The smallest absolute Gasteiger partial charge is 0.338 e. The number of hydrogen-bond acceptors (Lipinski definition) is 7. The summed E-state index contributed by atoms with van der Waals surface area (Å²) in [6.45, 7) is 2.99. The van der Waals surface area contributed by atoms with E-state index in [9.17, 15) is 9.59 Å². The molecule has 1 aliphatic heterocycles. The van der Waals surface area contributed by atoms with E-state index >= 15 is 0 Å². The van der Waals surface area contributed by atoms with Gasteiger partial charge in [0.1, 0.15) is 12.7 Å². The van der Waals surface area contributed by atoms with E-state index in [1.807, 2.05) is 18.2 Å². The molecule has 3 rings (SSSR count). The van der Waals surface area contributed by atoms with Crippen LogP contribution in [-0.2, 0) is 20.8 Å². The molecule has 1 fully saturated rings. The third-order valence-electron chi connectivity index (χ3n) is 4.91. The third-order valence-corrected chi connectivity index (χ3v) is 4.91. The number of nitrogens with zero attached hydrogens (tertiary/aromatic N) is 1. The lowest BCUT2D eigenvalue weighted by molar-refractivity contribution is -0.122. The molecule has 0 bridgehead atoms. The van der Waals surface area contributed by atoms with Gasteiger partial charge in [-0.3, -0.25) is 9.69 Å². The third kappa shape index (κ3) is 6.70. The summed E-state index contributed by atoms with van der Waals surface area (Å²) in [5.74, 6) is -0.0182. The number of benzene rings is 2. The first-order valence-electron chi connectivity index (χ1n) is 10.2. The van der Waals surface area contributed by atoms with Crippen LogP contribution in [0.3, 0.4) is 0 Å². The number of methoxy groups -OCH3 is 1. The lowest BCUT2D eigenvalue weighted by Gasteiger charge is -2.32. The Morgan fingerprint density at radius 3 is 2.71 bits per heavy atom. The van der Waals surface area contributed by atoms with E-state index in [0.29, 0.717) is 30.2 Å². The lowest BCUT2D eigenvalue weighted by atomic mass is 10.2. The van der Waals surface area contributed by atoms with Gasteiger partial charge in [-0.1, -0.05) is 30.3 Å². The van der Waals surface area contributed by atoms with Crippen molar-refractivity contribution in [3.63, 3.8) is 0 Å². The number of rotatable bonds is 9. The van der Waals surface area contributed by atoms with Gasteiger partial charge >= 0.3 is 5.97 Å². The van der Waals surface area contributed by atoms with E-state index in [1.165, 1.54) is 25.8 Å². The molecule has 0 aromatic heterocycles. The van der Waals surface area contributed by atoms with E-state index in [2.05, 4.69) is 22.3 Å². The molecular weight excluding hydrogens is 400 g/mol.